The van der Waals surface area contributed by atoms with Crippen LogP contribution in [-0.2, 0) is 0 Å². The van der Waals surface area contributed by atoms with E-state index in [0.29, 0.717) is 5.21 Å². The predicted octanol–water partition coefficient (Wildman–Crippen LogP) is 3.58. The Kier molecular flexibility index (Phi) is 3.88. The summed E-state index contributed by atoms with van der Waals surface area (Å²) in [5.74, 6) is 0. The molecule has 0 radical (unpaired) electrons. The number of hydrogen-bond donors (Lipinski definition) is 0. The van der Waals surface area contributed by atoms with Gasteiger partial charge in [0.2, 0.25) is 0 Å². The molecule has 0 nitrogen and oxygen atoms in total. The second kappa shape index (κ2) is 4.46. The highest BCUT2D eigenvalue weighted by atomic mass is 127. The lowest BCUT2D eigenvalue weighted by atomic mass is 10.4. The minimum absolute atomic E-state index is 0.625. The van der Waals surface area contributed by atoms with Crippen molar-refractivity contribution in [2.45, 2.75) is 4.90 Å². The number of hydrogen-bond acceptors (Lipinski definition) is 1. The van der Waals surface area contributed by atoms with Gasteiger partial charge in [0.1, 0.15) is 0 Å². The molecule has 1 aromatic carbocycles. The van der Waals surface area contributed by atoms with Gasteiger partial charge in [-0.2, -0.15) is 0 Å². The third-order valence-corrected chi connectivity index (χ3v) is 3.46. The van der Waals surface area contributed by atoms with Crippen molar-refractivity contribution in [1.82, 2.24) is 0 Å². The minimum Gasteiger partial charge on any atom is -0.114 e. The van der Waals surface area contributed by atoms with Crippen LogP contribution in [0.1, 0.15) is 0 Å². The summed E-state index contributed by atoms with van der Waals surface area (Å²) in [5.41, 5.74) is 0. The fourth-order valence-electron chi connectivity index (χ4n) is 0.621. The van der Waals surface area contributed by atoms with Crippen molar-refractivity contribution in [1.29, 1.82) is 0 Å². The van der Waals surface area contributed by atoms with E-state index in [9.17, 15) is 0 Å². The van der Waals surface area contributed by atoms with E-state index in [1.54, 1.807) is 11.8 Å². The molecule has 10 heavy (non-hydrogen) atoms. The van der Waals surface area contributed by atoms with Gasteiger partial charge >= 0.3 is 0 Å². The maximum atomic E-state index is 5.57. The molecular formula is C7H6ClIS. The molecule has 0 aromatic heterocycles. The van der Waals surface area contributed by atoms with Crippen LogP contribution in [0.25, 0.3) is 0 Å². The molecule has 0 aliphatic rings. The average Bonchev–Trinajstić information content (AvgIpc) is 1.94. The van der Waals surface area contributed by atoms with Crippen molar-refractivity contribution in [2.24, 2.45) is 0 Å². The average molecular weight is 285 g/mol. The maximum absolute atomic E-state index is 5.57. The van der Waals surface area contributed by atoms with Crippen molar-refractivity contribution in [2.75, 3.05) is 5.21 Å². The first-order chi connectivity index (χ1) is 4.84. The monoisotopic (exact) mass is 284 g/mol. The van der Waals surface area contributed by atoms with Crippen LogP contribution in [0.3, 0.4) is 0 Å². The van der Waals surface area contributed by atoms with Gasteiger partial charge in [-0.15, -0.1) is 23.4 Å². The summed E-state index contributed by atoms with van der Waals surface area (Å²) in [5, 5.41) is 0.625. The molecule has 0 aliphatic heterocycles. The highest BCUT2D eigenvalue weighted by Gasteiger charge is 1.95. The van der Waals surface area contributed by atoms with Crippen LogP contribution < -0.4 is 0 Å². The summed E-state index contributed by atoms with van der Waals surface area (Å²) in [6.07, 6.45) is 0. The van der Waals surface area contributed by atoms with Gasteiger partial charge in [0.25, 0.3) is 0 Å². The van der Waals surface area contributed by atoms with E-state index in [0.717, 1.165) is 0 Å². The number of alkyl halides is 1. The molecular weight excluding hydrogens is 279 g/mol. The first-order valence-corrected chi connectivity index (χ1v) is 5.38. The first kappa shape index (κ1) is 8.68. The summed E-state index contributed by atoms with van der Waals surface area (Å²) < 4.78 is 1.27. The van der Waals surface area contributed by atoms with Gasteiger partial charge in [0.15, 0.2) is 0 Å². The normalized spacial score (nSPS) is 9.80. The smallest absolute Gasteiger partial charge is 0.0727 e. The zero-order chi connectivity index (χ0) is 7.40. The van der Waals surface area contributed by atoms with Crippen LogP contribution in [0.5, 0.6) is 0 Å². The topological polar surface area (TPSA) is 0 Å². The minimum atomic E-state index is 0.625. The zero-order valence-corrected chi connectivity index (χ0v) is 8.91. The van der Waals surface area contributed by atoms with Crippen molar-refractivity contribution in [3.8, 4) is 0 Å². The lowest BCUT2D eigenvalue weighted by Crippen LogP contribution is -1.75. The van der Waals surface area contributed by atoms with Gasteiger partial charge in [-0.3, -0.25) is 0 Å². The second-order valence-corrected chi connectivity index (χ2v) is 4.45. The van der Waals surface area contributed by atoms with Crippen LogP contribution in [0, 0.1) is 3.57 Å². The number of rotatable bonds is 2. The highest BCUT2D eigenvalue weighted by Crippen LogP contribution is 2.24. The summed E-state index contributed by atoms with van der Waals surface area (Å²) in [6.45, 7) is 0. The number of thioether (sulfide) groups is 1. The lowest BCUT2D eigenvalue weighted by Gasteiger charge is -1.98. The van der Waals surface area contributed by atoms with E-state index < -0.39 is 0 Å². The van der Waals surface area contributed by atoms with Crippen LogP contribution >= 0.6 is 46.0 Å². The third kappa shape index (κ3) is 2.32. The Morgan fingerprint density at radius 2 is 2.10 bits per heavy atom. The summed E-state index contributed by atoms with van der Waals surface area (Å²) >= 11 is 9.53. The van der Waals surface area contributed by atoms with Crippen molar-refractivity contribution in [3.63, 3.8) is 0 Å². The SMILES string of the molecule is ClCSc1ccccc1I. The predicted molar refractivity (Wildman–Crippen MR) is 55.7 cm³/mol. The number of benzene rings is 1. The summed E-state index contributed by atoms with van der Waals surface area (Å²) in [7, 11) is 0. The molecule has 0 aliphatic carbocycles. The van der Waals surface area contributed by atoms with Crippen LogP contribution in [-0.4, -0.2) is 5.21 Å². The van der Waals surface area contributed by atoms with Crippen LogP contribution in [0.4, 0.5) is 0 Å². The molecule has 0 spiro atoms. The third-order valence-electron chi connectivity index (χ3n) is 1.05. The molecule has 3 heteroatoms. The molecule has 0 bridgehead atoms. The van der Waals surface area contributed by atoms with Crippen molar-refractivity contribution >= 4 is 46.0 Å². The quantitative estimate of drug-likeness (QED) is 0.454. The lowest BCUT2D eigenvalue weighted by molar-refractivity contribution is 1.41. The zero-order valence-electron chi connectivity index (χ0n) is 5.18. The Morgan fingerprint density at radius 1 is 1.40 bits per heavy atom. The van der Waals surface area contributed by atoms with E-state index in [-0.39, 0.29) is 0 Å². The Labute approximate surface area is 83.5 Å². The molecule has 0 saturated carbocycles. The Balaban J connectivity index is 2.81. The van der Waals surface area contributed by atoms with Gasteiger partial charge < -0.3 is 0 Å². The molecule has 1 rings (SSSR count). The van der Waals surface area contributed by atoms with E-state index >= 15 is 0 Å². The van der Waals surface area contributed by atoms with Crippen LogP contribution in [0.15, 0.2) is 29.2 Å². The molecule has 0 unspecified atom stereocenters. The van der Waals surface area contributed by atoms with E-state index in [4.69, 9.17) is 11.6 Å². The molecule has 0 N–H and O–H groups in total. The summed E-state index contributed by atoms with van der Waals surface area (Å²) in [6, 6.07) is 8.21. The highest BCUT2D eigenvalue weighted by molar-refractivity contribution is 14.1. The molecule has 54 valence electrons. The van der Waals surface area contributed by atoms with Crippen molar-refractivity contribution in [3.05, 3.63) is 27.8 Å². The molecule has 0 heterocycles. The van der Waals surface area contributed by atoms with Gasteiger partial charge in [-0.1, -0.05) is 12.1 Å². The molecule has 0 amide bonds. The summed E-state index contributed by atoms with van der Waals surface area (Å²) in [4.78, 5) is 1.26. The fraction of sp³-hybridized carbons (Fsp3) is 0.143. The molecule has 1 aromatic rings. The van der Waals surface area contributed by atoms with E-state index in [2.05, 4.69) is 34.7 Å². The van der Waals surface area contributed by atoms with Crippen molar-refractivity contribution < 1.29 is 0 Å². The van der Waals surface area contributed by atoms with Gasteiger partial charge in [-0.05, 0) is 34.7 Å². The Hall–Kier alpha value is 0.590. The van der Waals surface area contributed by atoms with Gasteiger partial charge in [-0.25, -0.2) is 0 Å². The molecule has 0 fully saturated rings. The van der Waals surface area contributed by atoms with E-state index in [1.165, 1.54) is 8.47 Å². The standard InChI is InChI=1S/C7H6ClIS/c8-5-10-7-4-2-1-3-6(7)9/h1-4H,5H2. The number of halogens is 2. The molecule has 0 atom stereocenters. The van der Waals surface area contributed by atoms with Gasteiger partial charge in [0, 0.05) is 8.47 Å². The maximum Gasteiger partial charge on any atom is 0.0727 e. The second-order valence-electron chi connectivity index (χ2n) is 1.68. The Morgan fingerprint density at radius 3 is 2.70 bits per heavy atom. The first-order valence-electron chi connectivity index (χ1n) is 2.78. The molecule has 0 saturated heterocycles. The van der Waals surface area contributed by atoms with Crippen LogP contribution in [0.2, 0.25) is 0 Å². The fourth-order valence-corrected chi connectivity index (χ4v) is 2.33. The van der Waals surface area contributed by atoms with Gasteiger partial charge in [0.05, 0.1) is 5.21 Å². The Bertz CT molecular complexity index is 215. The largest absolute Gasteiger partial charge is 0.114 e. The van der Waals surface area contributed by atoms with E-state index in [1.807, 2.05) is 12.1 Å².